The predicted octanol–water partition coefficient (Wildman–Crippen LogP) is 2.91. The summed E-state index contributed by atoms with van der Waals surface area (Å²) < 4.78 is 10.1. The first kappa shape index (κ1) is 11.7. The maximum Gasteiger partial charge on any atom is 0.191 e. The minimum absolute atomic E-state index is 0.170. The zero-order valence-corrected chi connectivity index (χ0v) is 11.0. The fourth-order valence-electron chi connectivity index (χ4n) is 1.57. The van der Waals surface area contributed by atoms with Crippen LogP contribution in [-0.2, 0) is 0 Å². The Morgan fingerprint density at radius 2 is 1.94 bits per heavy atom. The van der Waals surface area contributed by atoms with Gasteiger partial charge in [-0.05, 0) is 24.6 Å². The van der Waals surface area contributed by atoms with Gasteiger partial charge < -0.3 is 9.47 Å². The van der Waals surface area contributed by atoms with Gasteiger partial charge in [0.25, 0.3) is 0 Å². The molecule has 1 heterocycles. The molecule has 1 aliphatic heterocycles. The Morgan fingerprint density at radius 1 is 1.38 bits per heavy atom. The third-order valence-corrected chi connectivity index (χ3v) is 2.97. The van der Waals surface area contributed by atoms with Crippen molar-refractivity contribution < 1.29 is 14.3 Å². The van der Waals surface area contributed by atoms with Crippen LogP contribution in [0.4, 0.5) is 0 Å². The van der Waals surface area contributed by atoms with Gasteiger partial charge in [0.05, 0.1) is 0 Å². The Labute approximate surface area is 107 Å². The summed E-state index contributed by atoms with van der Waals surface area (Å²) in [5.41, 5.74) is 1.39. The van der Waals surface area contributed by atoms with E-state index in [1.807, 2.05) is 6.92 Å². The second-order valence-corrected chi connectivity index (χ2v) is 5.36. The van der Waals surface area contributed by atoms with Gasteiger partial charge in [0, 0.05) is 5.56 Å². The standard InChI is InChI=1S/C11H10BrClO3/c1-6-4-8-9(16-3-2-15-8)5-7(6)10(14)11(12)13/h4-5,11H,2-3H2,1H3. The Balaban J connectivity index is 2.43. The molecule has 0 saturated heterocycles. The number of fused-ring (bicyclic) bond motifs is 1. The van der Waals surface area contributed by atoms with Crippen molar-refractivity contribution in [2.24, 2.45) is 0 Å². The van der Waals surface area contributed by atoms with Crippen molar-refractivity contribution in [1.82, 2.24) is 0 Å². The molecule has 0 amide bonds. The molecule has 0 fully saturated rings. The molecule has 2 rings (SSSR count). The summed E-state index contributed by atoms with van der Waals surface area (Å²) in [5, 5.41) is 0. The fourth-order valence-corrected chi connectivity index (χ4v) is 1.94. The minimum Gasteiger partial charge on any atom is -0.486 e. The van der Waals surface area contributed by atoms with E-state index >= 15 is 0 Å². The molecule has 1 atom stereocenters. The summed E-state index contributed by atoms with van der Waals surface area (Å²) in [7, 11) is 0. The number of carbonyl (C=O) groups is 1. The van der Waals surface area contributed by atoms with Crippen LogP contribution in [0.5, 0.6) is 11.5 Å². The Kier molecular flexibility index (Phi) is 3.40. The normalized spacial score (nSPS) is 15.7. The molecule has 0 aliphatic carbocycles. The number of benzene rings is 1. The van der Waals surface area contributed by atoms with Crippen LogP contribution in [0.1, 0.15) is 15.9 Å². The highest BCUT2D eigenvalue weighted by Crippen LogP contribution is 2.34. The highest BCUT2D eigenvalue weighted by Gasteiger charge is 2.21. The van der Waals surface area contributed by atoms with Gasteiger partial charge in [0.15, 0.2) is 21.6 Å². The minimum atomic E-state index is -0.714. The summed E-state index contributed by atoms with van der Waals surface area (Å²) in [4.78, 5) is 11.8. The van der Waals surface area contributed by atoms with Gasteiger partial charge in [-0.15, -0.1) is 11.6 Å². The van der Waals surface area contributed by atoms with Crippen LogP contribution in [0.2, 0.25) is 0 Å². The lowest BCUT2D eigenvalue weighted by atomic mass is 10.0. The number of ether oxygens (including phenoxy) is 2. The molecule has 1 aliphatic rings. The number of halogens is 2. The fraction of sp³-hybridized carbons (Fsp3) is 0.364. The number of ketones is 1. The molecule has 1 aromatic rings. The SMILES string of the molecule is Cc1cc2c(cc1C(=O)C(Cl)Br)OCCO2. The molecule has 16 heavy (non-hydrogen) atoms. The van der Waals surface area contributed by atoms with Crippen molar-refractivity contribution in [2.45, 2.75) is 11.2 Å². The molecule has 1 unspecified atom stereocenters. The summed E-state index contributed by atoms with van der Waals surface area (Å²) >= 11 is 8.76. The van der Waals surface area contributed by atoms with E-state index in [9.17, 15) is 4.79 Å². The second-order valence-electron chi connectivity index (χ2n) is 3.48. The molecule has 86 valence electrons. The van der Waals surface area contributed by atoms with Crippen molar-refractivity contribution in [1.29, 1.82) is 0 Å². The predicted molar refractivity (Wildman–Crippen MR) is 65.1 cm³/mol. The average molecular weight is 306 g/mol. The smallest absolute Gasteiger partial charge is 0.191 e. The first-order valence-electron chi connectivity index (χ1n) is 4.82. The van der Waals surface area contributed by atoms with Crippen LogP contribution >= 0.6 is 27.5 Å². The summed E-state index contributed by atoms with van der Waals surface area (Å²) in [5.74, 6) is 1.11. The van der Waals surface area contributed by atoms with Crippen LogP contribution < -0.4 is 9.47 Å². The molecule has 5 heteroatoms. The topological polar surface area (TPSA) is 35.5 Å². The maximum absolute atomic E-state index is 11.8. The van der Waals surface area contributed by atoms with Gasteiger partial charge in [-0.25, -0.2) is 0 Å². The van der Waals surface area contributed by atoms with E-state index in [-0.39, 0.29) is 5.78 Å². The summed E-state index contributed by atoms with van der Waals surface area (Å²) in [6.07, 6.45) is 0. The largest absolute Gasteiger partial charge is 0.486 e. The van der Waals surface area contributed by atoms with E-state index in [0.29, 0.717) is 30.3 Å². The van der Waals surface area contributed by atoms with Gasteiger partial charge in [0.2, 0.25) is 0 Å². The number of hydrogen-bond acceptors (Lipinski definition) is 3. The van der Waals surface area contributed by atoms with Gasteiger partial charge in [-0.2, -0.15) is 0 Å². The Hall–Kier alpha value is -0.740. The van der Waals surface area contributed by atoms with Crippen molar-refractivity contribution in [3.63, 3.8) is 0 Å². The van der Waals surface area contributed by atoms with E-state index in [1.54, 1.807) is 12.1 Å². The number of aryl methyl sites for hydroxylation is 1. The molecule has 0 aromatic heterocycles. The second kappa shape index (κ2) is 4.63. The number of alkyl halides is 2. The number of hydrogen-bond donors (Lipinski definition) is 0. The van der Waals surface area contributed by atoms with Gasteiger partial charge in [0.1, 0.15) is 13.2 Å². The lowest BCUT2D eigenvalue weighted by molar-refractivity contribution is 0.101. The van der Waals surface area contributed by atoms with Crippen LogP contribution in [0.25, 0.3) is 0 Å². The maximum atomic E-state index is 11.8. The van der Waals surface area contributed by atoms with Crippen molar-refractivity contribution in [3.8, 4) is 11.5 Å². The monoisotopic (exact) mass is 304 g/mol. The van der Waals surface area contributed by atoms with E-state index in [2.05, 4.69) is 15.9 Å². The zero-order valence-electron chi connectivity index (χ0n) is 8.63. The lowest BCUT2D eigenvalue weighted by Gasteiger charge is -2.20. The quantitative estimate of drug-likeness (QED) is 0.622. The number of carbonyl (C=O) groups excluding carboxylic acids is 1. The molecule has 0 bridgehead atoms. The summed E-state index contributed by atoms with van der Waals surface area (Å²) in [6.45, 7) is 2.89. The molecular formula is C11H10BrClO3. The van der Waals surface area contributed by atoms with Gasteiger partial charge >= 0.3 is 0 Å². The highest BCUT2D eigenvalue weighted by molar-refractivity contribution is 9.10. The van der Waals surface area contributed by atoms with Crippen molar-refractivity contribution >= 4 is 33.3 Å². The molecular weight excluding hydrogens is 295 g/mol. The van der Waals surface area contributed by atoms with Crippen molar-refractivity contribution in [2.75, 3.05) is 13.2 Å². The lowest BCUT2D eigenvalue weighted by Crippen LogP contribution is -2.17. The van der Waals surface area contributed by atoms with Gasteiger partial charge in [-0.3, -0.25) is 4.79 Å². The van der Waals surface area contributed by atoms with Crippen LogP contribution in [-0.4, -0.2) is 23.3 Å². The number of rotatable bonds is 2. The molecule has 3 nitrogen and oxygen atoms in total. The first-order valence-corrected chi connectivity index (χ1v) is 6.17. The van der Waals surface area contributed by atoms with E-state index in [4.69, 9.17) is 21.1 Å². The summed E-state index contributed by atoms with van der Waals surface area (Å²) in [6, 6.07) is 3.48. The molecule has 0 saturated carbocycles. The van der Waals surface area contributed by atoms with Crippen molar-refractivity contribution in [3.05, 3.63) is 23.3 Å². The molecule has 0 radical (unpaired) electrons. The van der Waals surface area contributed by atoms with E-state index < -0.39 is 4.29 Å². The molecule has 0 N–H and O–H groups in total. The third kappa shape index (κ3) is 2.18. The van der Waals surface area contributed by atoms with Crippen LogP contribution in [0.15, 0.2) is 12.1 Å². The highest BCUT2D eigenvalue weighted by atomic mass is 79.9. The van der Waals surface area contributed by atoms with E-state index in [0.717, 1.165) is 5.56 Å². The number of Topliss-reactive ketones (excluding diaryl/α,β-unsaturated/α-hetero) is 1. The average Bonchev–Trinajstić information content (AvgIpc) is 2.27. The molecule has 0 spiro atoms. The van der Waals surface area contributed by atoms with Crippen LogP contribution in [0, 0.1) is 6.92 Å². The Morgan fingerprint density at radius 3 is 2.50 bits per heavy atom. The zero-order chi connectivity index (χ0) is 11.7. The first-order chi connectivity index (χ1) is 7.59. The van der Waals surface area contributed by atoms with Gasteiger partial charge in [-0.1, -0.05) is 15.9 Å². The molecule has 1 aromatic carbocycles. The van der Waals surface area contributed by atoms with E-state index in [1.165, 1.54) is 0 Å². The Bertz CT molecular complexity index is 431. The van der Waals surface area contributed by atoms with Crippen LogP contribution in [0.3, 0.4) is 0 Å². The third-order valence-electron chi connectivity index (χ3n) is 2.35.